The zero-order valence-electron chi connectivity index (χ0n) is 10.0. The molecule has 0 bridgehead atoms. The van der Waals surface area contributed by atoms with Gasteiger partial charge in [-0.25, -0.2) is 12.8 Å². The Bertz CT molecular complexity index is 499. The average molecular weight is 272 g/mol. The summed E-state index contributed by atoms with van der Waals surface area (Å²) < 4.78 is 39.2. The Morgan fingerprint density at radius 3 is 2.83 bits per heavy atom. The van der Waals surface area contributed by atoms with Gasteiger partial charge in [-0.05, 0) is 37.9 Å². The van der Waals surface area contributed by atoms with Gasteiger partial charge in [-0.15, -0.1) is 0 Å². The van der Waals surface area contributed by atoms with Gasteiger partial charge in [0.05, 0.1) is 11.4 Å². The summed E-state index contributed by atoms with van der Waals surface area (Å²) in [6.45, 7) is 0.950. The summed E-state index contributed by atoms with van der Waals surface area (Å²) in [5, 5.41) is 3.24. The lowest BCUT2D eigenvalue weighted by molar-refractivity contribution is 0.564. The summed E-state index contributed by atoms with van der Waals surface area (Å²) >= 11 is 0. The fourth-order valence-electron chi connectivity index (χ4n) is 2.06. The molecule has 1 aromatic carbocycles. The molecule has 1 saturated heterocycles. The first-order valence-corrected chi connectivity index (χ1v) is 7.70. The van der Waals surface area contributed by atoms with Crippen molar-refractivity contribution in [2.45, 2.75) is 25.3 Å². The van der Waals surface area contributed by atoms with Crippen molar-refractivity contribution in [1.82, 2.24) is 5.32 Å². The maximum atomic E-state index is 13.3. The van der Waals surface area contributed by atoms with Crippen LogP contribution in [0.5, 0.6) is 0 Å². The molecule has 1 atom stereocenters. The van der Waals surface area contributed by atoms with E-state index in [-0.39, 0.29) is 17.5 Å². The molecule has 1 aliphatic heterocycles. The van der Waals surface area contributed by atoms with Crippen LogP contribution in [0.1, 0.15) is 19.3 Å². The molecule has 0 saturated carbocycles. The van der Waals surface area contributed by atoms with Gasteiger partial charge in [0.2, 0.25) is 10.0 Å². The van der Waals surface area contributed by atoms with Crippen LogP contribution in [0.15, 0.2) is 24.3 Å². The molecule has 18 heavy (non-hydrogen) atoms. The second-order valence-corrected chi connectivity index (χ2v) is 6.32. The van der Waals surface area contributed by atoms with Crippen molar-refractivity contribution >= 4 is 15.7 Å². The number of para-hydroxylation sites is 1. The number of rotatable bonds is 5. The minimum atomic E-state index is -3.47. The average Bonchev–Trinajstić information content (AvgIpc) is 2.83. The Morgan fingerprint density at radius 1 is 1.39 bits per heavy atom. The molecule has 1 aromatic rings. The molecular weight excluding hydrogens is 255 g/mol. The first-order valence-electron chi connectivity index (χ1n) is 6.05. The molecule has 0 spiro atoms. The third kappa shape index (κ3) is 3.68. The number of nitrogens with one attached hydrogen (secondary N) is 2. The minimum absolute atomic E-state index is 0.0110. The van der Waals surface area contributed by atoms with Crippen molar-refractivity contribution < 1.29 is 12.8 Å². The molecule has 0 radical (unpaired) electrons. The van der Waals surface area contributed by atoms with Crippen LogP contribution in [0.25, 0.3) is 0 Å². The fraction of sp³-hybridized carbons (Fsp3) is 0.500. The monoisotopic (exact) mass is 272 g/mol. The first-order chi connectivity index (χ1) is 8.57. The van der Waals surface area contributed by atoms with E-state index in [1.807, 2.05) is 0 Å². The number of hydrogen-bond acceptors (Lipinski definition) is 3. The van der Waals surface area contributed by atoms with Crippen molar-refractivity contribution in [3.05, 3.63) is 30.1 Å². The SMILES string of the molecule is O=S(=O)(CCC1CCCN1)Nc1ccccc1F. The Morgan fingerprint density at radius 2 is 2.17 bits per heavy atom. The Balaban J connectivity index is 1.92. The summed E-state index contributed by atoms with van der Waals surface area (Å²) in [5.41, 5.74) is 0.0110. The van der Waals surface area contributed by atoms with Crippen molar-refractivity contribution in [2.24, 2.45) is 0 Å². The summed E-state index contributed by atoms with van der Waals surface area (Å²) in [6.07, 6.45) is 2.66. The van der Waals surface area contributed by atoms with E-state index in [0.717, 1.165) is 19.4 Å². The molecule has 100 valence electrons. The highest BCUT2D eigenvalue weighted by Crippen LogP contribution is 2.16. The van der Waals surface area contributed by atoms with Gasteiger partial charge in [-0.1, -0.05) is 12.1 Å². The van der Waals surface area contributed by atoms with Gasteiger partial charge in [0.1, 0.15) is 5.82 Å². The van der Waals surface area contributed by atoms with E-state index in [9.17, 15) is 12.8 Å². The standard InChI is InChI=1S/C12H17FN2O2S/c13-11-5-1-2-6-12(11)15-18(16,17)9-7-10-4-3-8-14-10/h1-2,5-6,10,14-15H,3-4,7-9H2. The van der Waals surface area contributed by atoms with E-state index < -0.39 is 15.8 Å². The van der Waals surface area contributed by atoms with E-state index in [0.29, 0.717) is 6.42 Å². The maximum Gasteiger partial charge on any atom is 0.232 e. The molecule has 4 nitrogen and oxygen atoms in total. The van der Waals surface area contributed by atoms with Crippen LogP contribution < -0.4 is 10.0 Å². The van der Waals surface area contributed by atoms with Crippen molar-refractivity contribution in [3.8, 4) is 0 Å². The van der Waals surface area contributed by atoms with Crippen LogP contribution >= 0.6 is 0 Å². The lowest BCUT2D eigenvalue weighted by Crippen LogP contribution is -2.26. The van der Waals surface area contributed by atoms with Crippen molar-refractivity contribution in [3.63, 3.8) is 0 Å². The molecule has 1 heterocycles. The molecule has 2 N–H and O–H groups in total. The summed E-state index contributed by atoms with van der Waals surface area (Å²) in [4.78, 5) is 0. The highest BCUT2D eigenvalue weighted by molar-refractivity contribution is 7.92. The van der Waals surface area contributed by atoms with Crippen LogP contribution in [0, 0.1) is 5.82 Å². The van der Waals surface area contributed by atoms with Gasteiger partial charge < -0.3 is 5.32 Å². The summed E-state index contributed by atoms with van der Waals surface area (Å²) in [5.74, 6) is -0.543. The van der Waals surface area contributed by atoms with Gasteiger partial charge in [-0.3, -0.25) is 4.72 Å². The second-order valence-electron chi connectivity index (χ2n) is 4.48. The molecular formula is C12H17FN2O2S. The van der Waals surface area contributed by atoms with Crippen LogP contribution in [-0.2, 0) is 10.0 Å². The number of sulfonamides is 1. The zero-order chi connectivity index (χ0) is 13.0. The quantitative estimate of drug-likeness (QED) is 0.858. The molecule has 0 aromatic heterocycles. The second kappa shape index (κ2) is 5.67. The Kier molecular flexibility index (Phi) is 4.19. The first kappa shape index (κ1) is 13.3. The van der Waals surface area contributed by atoms with Gasteiger partial charge >= 0.3 is 0 Å². The molecule has 2 rings (SSSR count). The van der Waals surface area contributed by atoms with E-state index in [1.54, 1.807) is 6.07 Å². The smallest absolute Gasteiger partial charge is 0.232 e. The van der Waals surface area contributed by atoms with E-state index in [2.05, 4.69) is 10.0 Å². The molecule has 1 aliphatic rings. The predicted octanol–water partition coefficient (Wildman–Crippen LogP) is 1.71. The van der Waals surface area contributed by atoms with E-state index in [1.165, 1.54) is 18.2 Å². The molecule has 0 aliphatic carbocycles. The van der Waals surface area contributed by atoms with Gasteiger partial charge in [0.25, 0.3) is 0 Å². The lowest BCUT2D eigenvalue weighted by atomic mass is 10.2. The normalized spacial score (nSPS) is 19.9. The number of halogens is 1. The minimum Gasteiger partial charge on any atom is -0.314 e. The third-order valence-electron chi connectivity index (χ3n) is 3.04. The number of anilines is 1. The van der Waals surface area contributed by atoms with Gasteiger partial charge in [-0.2, -0.15) is 0 Å². The summed E-state index contributed by atoms with van der Waals surface area (Å²) in [7, 11) is -3.47. The van der Waals surface area contributed by atoms with Crippen molar-refractivity contribution in [2.75, 3.05) is 17.0 Å². The number of hydrogen-bond donors (Lipinski definition) is 2. The Hall–Kier alpha value is -1.14. The molecule has 0 amide bonds. The molecule has 6 heteroatoms. The number of benzene rings is 1. The van der Waals surface area contributed by atoms with Crippen LogP contribution in [0.3, 0.4) is 0 Å². The van der Waals surface area contributed by atoms with Gasteiger partial charge in [0.15, 0.2) is 0 Å². The fourth-order valence-corrected chi connectivity index (χ4v) is 3.26. The predicted molar refractivity (Wildman–Crippen MR) is 69.5 cm³/mol. The van der Waals surface area contributed by atoms with E-state index >= 15 is 0 Å². The highest BCUT2D eigenvalue weighted by atomic mass is 32.2. The third-order valence-corrected chi connectivity index (χ3v) is 4.34. The maximum absolute atomic E-state index is 13.3. The van der Waals surface area contributed by atoms with E-state index in [4.69, 9.17) is 0 Å². The highest BCUT2D eigenvalue weighted by Gasteiger charge is 2.19. The van der Waals surface area contributed by atoms with Crippen molar-refractivity contribution in [1.29, 1.82) is 0 Å². The molecule has 1 fully saturated rings. The largest absolute Gasteiger partial charge is 0.314 e. The zero-order valence-corrected chi connectivity index (χ0v) is 10.8. The summed E-state index contributed by atoms with van der Waals surface area (Å²) in [6, 6.07) is 6.04. The topological polar surface area (TPSA) is 58.2 Å². The molecule has 1 unspecified atom stereocenters. The lowest BCUT2D eigenvalue weighted by Gasteiger charge is -2.12. The van der Waals surface area contributed by atoms with Gasteiger partial charge in [0, 0.05) is 6.04 Å². The van der Waals surface area contributed by atoms with Crippen LogP contribution in [0.4, 0.5) is 10.1 Å². The van der Waals surface area contributed by atoms with Crippen LogP contribution in [0.2, 0.25) is 0 Å². The van der Waals surface area contributed by atoms with Crippen LogP contribution in [-0.4, -0.2) is 26.8 Å². The Labute approximate surface area is 107 Å².